The number of nitrogens with one attached hydrogen (secondary N) is 1. The zero-order valence-electron chi connectivity index (χ0n) is 14.1. The van der Waals surface area contributed by atoms with Crippen molar-refractivity contribution in [3.05, 3.63) is 35.4 Å². The summed E-state index contributed by atoms with van der Waals surface area (Å²) in [4.78, 5) is 36.9. The lowest BCUT2D eigenvalue weighted by atomic mass is 10.0. The van der Waals surface area contributed by atoms with E-state index in [2.05, 4.69) is 5.32 Å². The first-order valence-electron chi connectivity index (χ1n) is 8.25. The summed E-state index contributed by atoms with van der Waals surface area (Å²) in [7, 11) is 1.58. The summed E-state index contributed by atoms with van der Waals surface area (Å²) >= 11 is 0. The third-order valence-corrected chi connectivity index (χ3v) is 4.24. The van der Waals surface area contributed by atoms with Gasteiger partial charge in [-0.2, -0.15) is 0 Å². The predicted octanol–water partition coefficient (Wildman–Crippen LogP) is 1.69. The molecular weight excluding hydrogens is 308 g/mol. The molecule has 0 bridgehead atoms. The Hall–Kier alpha value is -2.37. The van der Waals surface area contributed by atoms with E-state index in [4.69, 9.17) is 5.11 Å². The zero-order valence-corrected chi connectivity index (χ0v) is 14.1. The van der Waals surface area contributed by atoms with Crippen molar-refractivity contribution in [1.82, 2.24) is 10.2 Å². The average molecular weight is 332 g/mol. The molecule has 0 saturated heterocycles. The highest BCUT2D eigenvalue weighted by molar-refractivity contribution is 5.94. The summed E-state index contributed by atoms with van der Waals surface area (Å²) in [5.74, 6) is -1.62. The second-order valence-electron chi connectivity index (χ2n) is 6.30. The number of aliphatic carboxylic acids is 1. The van der Waals surface area contributed by atoms with Gasteiger partial charge >= 0.3 is 5.97 Å². The molecular formula is C18H24N2O4. The van der Waals surface area contributed by atoms with Crippen molar-refractivity contribution in [1.29, 1.82) is 0 Å². The van der Waals surface area contributed by atoms with Crippen molar-refractivity contribution in [2.75, 3.05) is 13.6 Å². The molecule has 1 aliphatic carbocycles. The van der Waals surface area contributed by atoms with E-state index in [1.165, 1.54) is 0 Å². The van der Waals surface area contributed by atoms with Gasteiger partial charge in [0.1, 0.15) is 0 Å². The Labute approximate surface area is 141 Å². The van der Waals surface area contributed by atoms with Crippen molar-refractivity contribution < 1.29 is 19.5 Å². The van der Waals surface area contributed by atoms with Crippen LogP contribution in [0, 0.1) is 5.92 Å². The second-order valence-corrected chi connectivity index (χ2v) is 6.30. The summed E-state index contributed by atoms with van der Waals surface area (Å²) in [6.07, 6.45) is 2.75. The van der Waals surface area contributed by atoms with Crippen LogP contribution < -0.4 is 5.32 Å². The zero-order chi connectivity index (χ0) is 17.7. The number of carbonyl (C=O) groups is 3. The van der Waals surface area contributed by atoms with E-state index in [1.54, 1.807) is 37.1 Å². The molecule has 1 aromatic carbocycles. The molecule has 1 fully saturated rings. The van der Waals surface area contributed by atoms with E-state index in [-0.39, 0.29) is 24.4 Å². The minimum atomic E-state index is -0.883. The number of aryl methyl sites for hydroxylation is 1. The lowest BCUT2D eigenvalue weighted by Gasteiger charge is -2.24. The number of hydrogen-bond donors (Lipinski definition) is 2. The molecule has 0 heterocycles. The quantitative estimate of drug-likeness (QED) is 0.758. The van der Waals surface area contributed by atoms with E-state index in [9.17, 15) is 14.4 Å². The van der Waals surface area contributed by atoms with Crippen molar-refractivity contribution in [3.8, 4) is 0 Å². The summed E-state index contributed by atoms with van der Waals surface area (Å²) in [5, 5.41) is 11.6. The number of rotatable bonds is 8. The fourth-order valence-electron chi connectivity index (χ4n) is 2.62. The predicted molar refractivity (Wildman–Crippen MR) is 89.7 cm³/mol. The van der Waals surface area contributed by atoms with E-state index in [0.717, 1.165) is 18.4 Å². The van der Waals surface area contributed by atoms with Crippen molar-refractivity contribution in [2.24, 2.45) is 5.92 Å². The number of benzene rings is 1. The summed E-state index contributed by atoms with van der Waals surface area (Å²) in [5.41, 5.74) is 1.49. The standard InChI is InChI=1S/C18H24N2O4/c1-12(18(23)24)11-20(15-7-8-15)16(21)9-6-13-4-3-5-14(10-13)17(22)19-2/h3-5,10,12,15H,6-9,11H2,1-2H3,(H,19,22)(H,23,24). The number of carboxylic acids is 1. The minimum Gasteiger partial charge on any atom is -0.481 e. The monoisotopic (exact) mass is 332 g/mol. The smallest absolute Gasteiger partial charge is 0.308 e. The molecule has 6 nitrogen and oxygen atoms in total. The first-order valence-corrected chi connectivity index (χ1v) is 8.25. The third kappa shape index (κ3) is 4.81. The molecule has 2 amide bonds. The minimum absolute atomic E-state index is 0.0176. The lowest BCUT2D eigenvalue weighted by Crippen LogP contribution is -2.38. The van der Waals surface area contributed by atoms with Crippen LogP contribution in [0.15, 0.2) is 24.3 Å². The number of carbonyl (C=O) groups excluding carboxylic acids is 2. The van der Waals surface area contributed by atoms with Gasteiger partial charge in [-0.15, -0.1) is 0 Å². The number of carboxylic acid groups (broad SMARTS) is 1. The molecule has 2 N–H and O–H groups in total. The third-order valence-electron chi connectivity index (χ3n) is 4.24. The van der Waals surface area contributed by atoms with Gasteiger partial charge < -0.3 is 15.3 Å². The van der Waals surface area contributed by atoms with Gasteiger partial charge in [0.05, 0.1) is 5.92 Å². The van der Waals surface area contributed by atoms with E-state index in [1.807, 2.05) is 6.07 Å². The Balaban J connectivity index is 1.95. The maximum Gasteiger partial charge on any atom is 0.308 e. The SMILES string of the molecule is CNC(=O)c1cccc(CCC(=O)N(CC(C)C(=O)O)C2CC2)c1. The van der Waals surface area contributed by atoms with Gasteiger partial charge in [0, 0.05) is 31.6 Å². The van der Waals surface area contributed by atoms with Gasteiger partial charge in [0.25, 0.3) is 5.91 Å². The number of amides is 2. The van der Waals surface area contributed by atoms with Crippen LogP contribution >= 0.6 is 0 Å². The first-order chi connectivity index (χ1) is 11.4. The van der Waals surface area contributed by atoms with Crippen molar-refractivity contribution in [2.45, 2.75) is 38.6 Å². The summed E-state index contributed by atoms with van der Waals surface area (Å²) in [6.45, 7) is 1.88. The average Bonchev–Trinajstić information content (AvgIpc) is 3.41. The maximum atomic E-state index is 12.5. The molecule has 1 aromatic rings. The Morgan fingerprint density at radius 2 is 2.04 bits per heavy atom. The van der Waals surface area contributed by atoms with Crippen LogP contribution in [0.25, 0.3) is 0 Å². The Kier molecular flexibility index (Phi) is 5.95. The largest absolute Gasteiger partial charge is 0.481 e. The Morgan fingerprint density at radius 1 is 1.33 bits per heavy atom. The molecule has 0 aromatic heterocycles. The molecule has 1 atom stereocenters. The Morgan fingerprint density at radius 3 is 2.62 bits per heavy atom. The van der Waals surface area contributed by atoms with Crippen LogP contribution in [0.5, 0.6) is 0 Å². The normalized spacial score (nSPS) is 14.8. The first kappa shape index (κ1) is 18.0. The highest BCUT2D eigenvalue weighted by atomic mass is 16.4. The molecule has 0 spiro atoms. The molecule has 1 aliphatic rings. The molecule has 24 heavy (non-hydrogen) atoms. The topological polar surface area (TPSA) is 86.7 Å². The van der Waals surface area contributed by atoms with Crippen LogP contribution in [0.3, 0.4) is 0 Å². The van der Waals surface area contributed by atoms with Crippen LogP contribution in [0.1, 0.15) is 42.1 Å². The Bertz CT molecular complexity index is 625. The van der Waals surface area contributed by atoms with Gasteiger partial charge in [-0.25, -0.2) is 0 Å². The highest BCUT2D eigenvalue weighted by Gasteiger charge is 2.34. The van der Waals surface area contributed by atoms with Gasteiger partial charge in [-0.1, -0.05) is 19.1 Å². The maximum absolute atomic E-state index is 12.5. The molecule has 2 rings (SSSR count). The lowest BCUT2D eigenvalue weighted by molar-refractivity contribution is -0.143. The van der Waals surface area contributed by atoms with Crippen LogP contribution in [0.2, 0.25) is 0 Å². The molecule has 1 saturated carbocycles. The highest BCUT2D eigenvalue weighted by Crippen LogP contribution is 2.28. The number of hydrogen-bond acceptors (Lipinski definition) is 3. The summed E-state index contributed by atoms with van der Waals surface area (Å²) in [6, 6.07) is 7.40. The summed E-state index contributed by atoms with van der Waals surface area (Å²) < 4.78 is 0. The fraction of sp³-hybridized carbons (Fsp3) is 0.500. The van der Waals surface area contributed by atoms with Crippen molar-refractivity contribution >= 4 is 17.8 Å². The molecule has 130 valence electrons. The molecule has 0 aliphatic heterocycles. The van der Waals surface area contributed by atoms with Crippen molar-refractivity contribution in [3.63, 3.8) is 0 Å². The van der Waals surface area contributed by atoms with Crippen LogP contribution in [0.4, 0.5) is 0 Å². The van der Waals surface area contributed by atoms with Crippen LogP contribution in [-0.2, 0) is 16.0 Å². The fourth-order valence-corrected chi connectivity index (χ4v) is 2.62. The van der Waals surface area contributed by atoms with E-state index >= 15 is 0 Å². The van der Waals surface area contributed by atoms with Gasteiger partial charge in [0.15, 0.2) is 0 Å². The van der Waals surface area contributed by atoms with E-state index in [0.29, 0.717) is 18.4 Å². The van der Waals surface area contributed by atoms with Gasteiger partial charge in [-0.3, -0.25) is 14.4 Å². The van der Waals surface area contributed by atoms with Crippen LogP contribution in [-0.4, -0.2) is 47.4 Å². The molecule has 1 unspecified atom stereocenters. The van der Waals surface area contributed by atoms with Gasteiger partial charge in [0.2, 0.25) is 5.91 Å². The molecule has 6 heteroatoms. The van der Waals surface area contributed by atoms with Gasteiger partial charge in [-0.05, 0) is 37.0 Å². The van der Waals surface area contributed by atoms with E-state index < -0.39 is 11.9 Å². The second kappa shape index (κ2) is 7.95. The number of nitrogens with zero attached hydrogens (tertiary/aromatic N) is 1. The molecule has 0 radical (unpaired) electrons.